The molecule has 2 aromatic carbocycles. The Bertz CT molecular complexity index is 720. The largest absolute Gasteiger partial charge is 0.456 e. The third-order valence-electron chi connectivity index (χ3n) is 3.10. The number of nitrogens with zero attached hydrogens (tertiary/aromatic N) is 1. The van der Waals surface area contributed by atoms with Crippen LogP contribution in [0, 0.1) is 19.4 Å². The first-order valence-electron chi connectivity index (χ1n) is 6.40. The summed E-state index contributed by atoms with van der Waals surface area (Å²) in [7, 11) is 0. The van der Waals surface area contributed by atoms with Gasteiger partial charge in [-0.15, -0.1) is 11.3 Å². The van der Waals surface area contributed by atoms with Crippen LogP contribution in [0.2, 0.25) is 0 Å². The fourth-order valence-electron chi connectivity index (χ4n) is 2.11. The Labute approximate surface area is 122 Å². The van der Waals surface area contributed by atoms with Crippen molar-refractivity contribution in [3.05, 3.63) is 64.5 Å². The smallest absolute Gasteiger partial charge is 0.152 e. The molecule has 0 amide bonds. The Morgan fingerprint density at radius 3 is 2.65 bits per heavy atom. The summed E-state index contributed by atoms with van der Waals surface area (Å²) >= 11 is 1.46. The minimum absolute atomic E-state index is 0.818. The number of thiazole rings is 1. The van der Waals surface area contributed by atoms with Gasteiger partial charge in [-0.05, 0) is 37.6 Å². The van der Waals surface area contributed by atoms with E-state index in [1.54, 1.807) is 0 Å². The zero-order chi connectivity index (χ0) is 13.9. The standard InChI is InChI=1S/C17H14NOS/c1-12-7-8-16(13(2)9-12)19-17-6-4-3-5-14(17)15-10-20-11-18-15/h3-10H,1-2H3. The third-order valence-corrected chi connectivity index (χ3v) is 3.64. The molecule has 1 heterocycles. The lowest BCUT2D eigenvalue weighted by molar-refractivity contribution is 0.480. The number of rotatable bonds is 3. The highest BCUT2D eigenvalue weighted by Gasteiger charge is 2.09. The summed E-state index contributed by atoms with van der Waals surface area (Å²) in [5, 5.41) is 1.98. The maximum Gasteiger partial charge on any atom is 0.152 e. The van der Waals surface area contributed by atoms with E-state index in [-0.39, 0.29) is 0 Å². The van der Waals surface area contributed by atoms with Crippen LogP contribution in [0.4, 0.5) is 0 Å². The van der Waals surface area contributed by atoms with E-state index in [0.29, 0.717) is 0 Å². The van der Waals surface area contributed by atoms with Crippen molar-refractivity contribution < 1.29 is 4.74 Å². The van der Waals surface area contributed by atoms with Gasteiger partial charge >= 0.3 is 0 Å². The molecule has 0 aliphatic rings. The molecule has 20 heavy (non-hydrogen) atoms. The van der Waals surface area contributed by atoms with E-state index < -0.39 is 0 Å². The van der Waals surface area contributed by atoms with Crippen LogP contribution in [0.3, 0.4) is 0 Å². The molecule has 1 radical (unpaired) electrons. The van der Waals surface area contributed by atoms with Crippen LogP contribution < -0.4 is 4.74 Å². The average molecular weight is 280 g/mol. The van der Waals surface area contributed by atoms with Gasteiger partial charge in [0, 0.05) is 10.9 Å². The number of para-hydroxylation sites is 1. The Morgan fingerprint density at radius 2 is 1.90 bits per heavy atom. The van der Waals surface area contributed by atoms with E-state index in [1.807, 2.05) is 35.7 Å². The van der Waals surface area contributed by atoms with Gasteiger partial charge in [0.2, 0.25) is 0 Å². The molecule has 3 aromatic rings. The first-order chi connectivity index (χ1) is 9.74. The fourth-order valence-corrected chi connectivity index (χ4v) is 2.60. The molecule has 3 heteroatoms. The van der Waals surface area contributed by atoms with Crippen LogP contribution in [-0.2, 0) is 0 Å². The van der Waals surface area contributed by atoms with Crippen LogP contribution >= 0.6 is 11.3 Å². The van der Waals surface area contributed by atoms with Gasteiger partial charge in [0.15, 0.2) is 5.51 Å². The molecule has 3 rings (SSSR count). The molecule has 0 bridgehead atoms. The summed E-state index contributed by atoms with van der Waals surface area (Å²) in [5.74, 6) is 1.70. The monoisotopic (exact) mass is 280 g/mol. The molecule has 0 aliphatic carbocycles. The van der Waals surface area contributed by atoms with Gasteiger partial charge in [0.1, 0.15) is 11.5 Å². The van der Waals surface area contributed by atoms with Crippen molar-refractivity contribution in [1.82, 2.24) is 4.98 Å². The number of hydrogen-bond acceptors (Lipinski definition) is 3. The summed E-state index contributed by atoms with van der Waals surface area (Å²) in [6.07, 6.45) is 0. The second-order valence-corrected chi connectivity index (χ2v) is 5.35. The highest BCUT2D eigenvalue weighted by atomic mass is 32.1. The fraction of sp³-hybridized carbons (Fsp3) is 0.118. The molecule has 0 aliphatic heterocycles. The number of benzene rings is 2. The van der Waals surface area contributed by atoms with Crippen LogP contribution in [-0.4, -0.2) is 4.98 Å². The maximum atomic E-state index is 6.07. The quantitative estimate of drug-likeness (QED) is 0.672. The molecule has 0 spiro atoms. The first-order valence-corrected chi connectivity index (χ1v) is 7.28. The van der Waals surface area contributed by atoms with Gasteiger partial charge in [-0.25, -0.2) is 4.98 Å². The van der Waals surface area contributed by atoms with E-state index in [2.05, 4.69) is 36.5 Å². The lowest BCUT2D eigenvalue weighted by Gasteiger charge is -2.12. The van der Waals surface area contributed by atoms with Crippen molar-refractivity contribution in [3.63, 3.8) is 0 Å². The van der Waals surface area contributed by atoms with Gasteiger partial charge in [-0.2, -0.15) is 0 Å². The number of hydrogen-bond donors (Lipinski definition) is 0. The van der Waals surface area contributed by atoms with E-state index in [4.69, 9.17) is 4.74 Å². The highest BCUT2D eigenvalue weighted by molar-refractivity contribution is 7.07. The summed E-state index contributed by atoms with van der Waals surface area (Å²) < 4.78 is 6.07. The summed E-state index contributed by atoms with van der Waals surface area (Å²) in [5.41, 5.74) is 7.13. The maximum absolute atomic E-state index is 6.07. The molecule has 0 unspecified atom stereocenters. The van der Waals surface area contributed by atoms with E-state index in [0.717, 1.165) is 28.3 Å². The van der Waals surface area contributed by atoms with Crippen molar-refractivity contribution in [2.75, 3.05) is 0 Å². The number of ether oxygens (including phenoxy) is 1. The van der Waals surface area contributed by atoms with E-state index in [1.165, 1.54) is 16.9 Å². The van der Waals surface area contributed by atoms with Crippen LogP contribution in [0.5, 0.6) is 11.5 Å². The molecule has 0 atom stereocenters. The average Bonchev–Trinajstić information content (AvgIpc) is 2.96. The summed E-state index contributed by atoms with van der Waals surface area (Å²) in [6, 6.07) is 14.1. The lowest BCUT2D eigenvalue weighted by Crippen LogP contribution is -1.91. The van der Waals surface area contributed by atoms with Gasteiger partial charge < -0.3 is 4.74 Å². The Kier molecular flexibility index (Phi) is 3.52. The SMILES string of the molecule is Cc1ccc(Oc2ccccc2-c2cs[c]n2)c(C)c1. The molecule has 2 nitrogen and oxygen atoms in total. The predicted molar refractivity (Wildman–Crippen MR) is 82.4 cm³/mol. The van der Waals surface area contributed by atoms with Crippen molar-refractivity contribution in [3.8, 4) is 22.8 Å². The van der Waals surface area contributed by atoms with Gasteiger partial charge in [0.25, 0.3) is 0 Å². The first kappa shape index (κ1) is 12.9. The topological polar surface area (TPSA) is 22.1 Å². The lowest BCUT2D eigenvalue weighted by atomic mass is 10.1. The molecular weight excluding hydrogens is 266 g/mol. The zero-order valence-corrected chi connectivity index (χ0v) is 12.2. The molecule has 1 aromatic heterocycles. The predicted octanol–water partition coefficient (Wildman–Crippen LogP) is 5.02. The van der Waals surface area contributed by atoms with Crippen molar-refractivity contribution in [2.24, 2.45) is 0 Å². The number of aryl methyl sites for hydroxylation is 2. The molecule has 99 valence electrons. The molecule has 0 N–H and O–H groups in total. The van der Waals surface area contributed by atoms with Gasteiger partial charge in [-0.1, -0.05) is 29.8 Å². The van der Waals surface area contributed by atoms with Crippen molar-refractivity contribution >= 4 is 11.3 Å². The van der Waals surface area contributed by atoms with E-state index >= 15 is 0 Å². The minimum Gasteiger partial charge on any atom is -0.456 e. The molecular formula is C17H14NOS. The molecule has 0 saturated heterocycles. The second-order valence-electron chi connectivity index (χ2n) is 4.69. The van der Waals surface area contributed by atoms with Crippen LogP contribution in [0.25, 0.3) is 11.3 Å². The zero-order valence-electron chi connectivity index (χ0n) is 11.4. The Morgan fingerprint density at radius 1 is 1.05 bits per heavy atom. The number of aromatic nitrogens is 1. The molecule has 0 saturated carbocycles. The van der Waals surface area contributed by atoms with Gasteiger partial charge in [0.05, 0.1) is 5.69 Å². The second kappa shape index (κ2) is 5.47. The third kappa shape index (κ3) is 2.58. The van der Waals surface area contributed by atoms with Crippen LogP contribution in [0.1, 0.15) is 11.1 Å². The normalized spacial score (nSPS) is 10.5. The van der Waals surface area contributed by atoms with Crippen molar-refractivity contribution in [1.29, 1.82) is 0 Å². The summed E-state index contributed by atoms with van der Waals surface area (Å²) in [6.45, 7) is 4.14. The van der Waals surface area contributed by atoms with Crippen molar-refractivity contribution in [2.45, 2.75) is 13.8 Å². The van der Waals surface area contributed by atoms with Gasteiger partial charge in [-0.3, -0.25) is 0 Å². The van der Waals surface area contributed by atoms with Crippen LogP contribution in [0.15, 0.2) is 47.8 Å². The Balaban J connectivity index is 1.99. The minimum atomic E-state index is 0.818. The highest BCUT2D eigenvalue weighted by Crippen LogP contribution is 2.34. The summed E-state index contributed by atoms with van der Waals surface area (Å²) in [4.78, 5) is 4.24. The molecule has 0 fully saturated rings. The Hall–Kier alpha value is -2.13. The van der Waals surface area contributed by atoms with E-state index in [9.17, 15) is 0 Å².